The summed E-state index contributed by atoms with van der Waals surface area (Å²) in [7, 11) is 1.49. The minimum Gasteiger partial charge on any atom is -0.494 e. The van der Waals surface area contributed by atoms with Gasteiger partial charge in [-0.25, -0.2) is 4.39 Å². The van der Waals surface area contributed by atoms with Crippen molar-refractivity contribution < 1.29 is 9.13 Å². The Hall–Kier alpha value is -1.13. The number of nitrogens with two attached hydrogens (primary N) is 1. The summed E-state index contributed by atoms with van der Waals surface area (Å²) in [4.78, 5) is 0. The van der Waals surface area contributed by atoms with Crippen LogP contribution in [0.3, 0.4) is 0 Å². The molecule has 3 rings (SSSR count). The fourth-order valence-electron chi connectivity index (χ4n) is 3.71. The van der Waals surface area contributed by atoms with Gasteiger partial charge in [0.15, 0.2) is 11.6 Å². The minimum atomic E-state index is -0.284. The standard InChI is InChI=1S/C14H19FN2O/c1-18-11-7-3-6-10(13(11)15)14(17-16)12-8-4-2-5-9(8)12/h3,6-9,12,14,17H,2,4-5,16H2,1H3. The van der Waals surface area contributed by atoms with Crippen LogP contribution in [0.25, 0.3) is 0 Å². The molecule has 0 amide bonds. The van der Waals surface area contributed by atoms with Gasteiger partial charge in [-0.1, -0.05) is 18.6 Å². The van der Waals surface area contributed by atoms with Crippen molar-refractivity contribution in [2.24, 2.45) is 23.6 Å². The van der Waals surface area contributed by atoms with Crippen molar-refractivity contribution in [2.75, 3.05) is 7.11 Å². The van der Waals surface area contributed by atoms with Crippen LogP contribution in [0.5, 0.6) is 5.75 Å². The van der Waals surface area contributed by atoms with E-state index in [2.05, 4.69) is 5.43 Å². The molecule has 0 heterocycles. The predicted molar refractivity (Wildman–Crippen MR) is 67.3 cm³/mol. The van der Waals surface area contributed by atoms with Crippen LogP contribution in [0, 0.1) is 23.6 Å². The van der Waals surface area contributed by atoms with Crippen LogP contribution < -0.4 is 16.0 Å². The van der Waals surface area contributed by atoms with Crippen molar-refractivity contribution in [3.63, 3.8) is 0 Å². The maximum Gasteiger partial charge on any atom is 0.169 e. The number of nitrogens with one attached hydrogen (secondary N) is 1. The molecule has 4 heteroatoms. The van der Waals surface area contributed by atoms with E-state index in [1.165, 1.54) is 26.4 Å². The maximum absolute atomic E-state index is 14.3. The highest BCUT2D eigenvalue weighted by molar-refractivity contribution is 5.34. The lowest BCUT2D eigenvalue weighted by Crippen LogP contribution is -2.31. The summed E-state index contributed by atoms with van der Waals surface area (Å²) < 4.78 is 19.3. The van der Waals surface area contributed by atoms with Gasteiger partial charge in [0, 0.05) is 5.56 Å². The van der Waals surface area contributed by atoms with Crippen LogP contribution in [0.4, 0.5) is 4.39 Å². The van der Waals surface area contributed by atoms with Crippen molar-refractivity contribution in [3.8, 4) is 5.75 Å². The Balaban J connectivity index is 1.88. The van der Waals surface area contributed by atoms with E-state index in [1.807, 2.05) is 6.07 Å². The molecule has 2 aliphatic carbocycles. The molecule has 0 aliphatic heterocycles. The summed E-state index contributed by atoms with van der Waals surface area (Å²) in [5, 5.41) is 0. The van der Waals surface area contributed by atoms with Gasteiger partial charge in [-0.05, 0) is 36.7 Å². The summed E-state index contributed by atoms with van der Waals surface area (Å²) in [6.07, 6.45) is 3.84. The van der Waals surface area contributed by atoms with Crippen molar-refractivity contribution in [3.05, 3.63) is 29.6 Å². The fourth-order valence-corrected chi connectivity index (χ4v) is 3.71. The van der Waals surface area contributed by atoms with Crippen molar-refractivity contribution in [2.45, 2.75) is 25.3 Å². The lowest BCUT2D eigenvalue weighted by molar-refractivity contribution is 0.368. The zero-order chi connectivity index (χ0) is 12.7. The van der Waals surface area contributed by atoms with Gasteiger partial charge in [0.2, 0.25) is 0 Å². The van der Waals surface area contributed by atoms with E-state index < -0.39 is 0 Å². The van der Waals surface area contributed by atoms with E-state index in [1.54, 1.807) is 12.1 Å². The monoisotopic (exact) mass is 250 g/mol. The van der Waals surface area contributed by atoms with Gasteiger partial charge in [0.25, 0.3) is 0 Å². The maximum atomic E-state index is 14.3. The van der Waals surface area contributed by atoms with Crippen LogP contribution in [-0.4, -0.2) is 7.11 Å². The number of hydrazine groups is 1. The molecule has 3 atom stereocenters. The third-order valence-electron chi connectivity index (χ3n) is 4.59. The zero-order valence-electron chi connectivity index (χ0n) is 10.5. The van der Waals surface area contributed by atoms with Crippen molar-refractivity contribution >= 4 is 0 Å². The Morgan fingerprint density at radius 3 is 2.72 bits per heavy atom. The molecule has 0 radical (unpaired) electrons. The highest BCUT2D eigenvalue weighted by Gasteiger charge is 2.56. The third kappa shape index (κ3) is 1.71. The Morgan fingerprint density at radius 2 is 2.11 bits per heavy atom. The fraction of sp³-hybridized carbons (Fsp3) is 0.571. The third-order valence-corrected chi connectivity index (χ3v) is 4.59. The van der Waals surface area contributed by atoms with Gasteiger partial charge in [-0.2, -0.15) is 0 Å². The summed E-state index contributed by atoms with van der Waals surface area (Å²) in [5.41, 5.74) is 3.44. The van der Waals surface area contributed by atoms with E-state index in [-0.39, 0.29) is 11.9 Å². The van der Waals surface area contributed by atoms with E-state index in [9.17, 15) is 4.39 Å². The number of rotatable bonds is 4. The van der Waals surface area contributed by atoms with Crippen LogP contribution >= 0.6 is 0 Å². The number of benzene rings is 1. The van der Waals surface area contributed by atoms with Crippen LogP contribution in [0.1, 0.15) is 30.9 Å². The number of halogens is 1. The highest BCUT2D eigenvalue weighted by Crippen LogP contribution is 2.62. The lowest BCUT2D eigenvalue weighted by Gasteiger charge is -2.19. The topological polar surface area (TPSA) is 47.3 Å². The smallest absolute Gasteiger partial charge is 0.169 e. The average Bonchev–Trinajstić information content (AvgIpc) is 2.86. The van der Waals surface area contributed by atoms with Gasteiger partial charge in [-0.3, -0.25) is 11.3 Å². The van der Waals surface area contributed by atoms with Crippen LogP contribution in [-0.2, 0) is 0 Å². The van der Waals surface area contributed by atoms with Crippen LogP contribution in [0.15, 0.2) is 18.2 Å². The Kier molecular flexibility index (Phi) is 2.99. The Labute approximate surface area is 106 Å². The molecular formula is C14H19FN2O. The summed E-state index contributed by atoms with van der Waals surface area (Å²) in [6.45, 7) is 0. The molecule has 2 fully saturated rings. The first kappa shape index (κ1) is 11.9. The Bertz CT molecular complexity index is 441. The van der Waals surface area contributed by atoms with Gasteiger partial charge in [-0.15, -0.1) is 0 Å². The molecule has 0 saturated heterocycles. The molecule has 3 N–H and O–H groups in total. The Morgan fingerprint density at radius 1 is 1.39 bits per heavy atom. The average molecular weight is 250 g/mol. The first-order chi connectivity index (χ1) is 8.77. The van der Waals surface area contributed by atoms with Crippen LogP contribution in [0.2, 0.25) is 0 Å². The van der Waals surface area contributed by atoms with Crippen molar-refractivity contribution in [1.29, 1.82) is 0 Å². The van der Waals surface area contributed by atoms with Gasteiger partial charge >= 0.3 is 0 Å². The zero-order valence-corrected chi connectivity index (χ0v) is 10.5. The SMILES string of the molecule is COc1cccc(C(NN)C2C3CCCC32)c1F. The second kappa shape index (κ2) is 4.52. The van der Waals surface area contributed by atoms with Gasteiger partial charge < -0.3 is 4.74 Å². The van der Waals surface area contributed by atoms with E-state index in [0.29, 0.717) is 17.2 Å². The molecule has 1 aromatic rings. The number of fused-ring (bicyclic) bond motifs is 1. The first-order valence-electron chi connectivity index (χ1n) is 6.56. The van der Waals surface area contributed by atoms with E-state index in [4.69, 9.17) is 10.6 Å². The number of hydrogen-bond acceptors (Lipinski definition) is 3. The second-order valence-corrected chi connectivity index (χ2v) is 5.34. The predicted octanol–water partition coefficient (Wildman–Crippen LogP) is 2.38. The number of methoxy groups -OCH3 is 1. The number of hydrogen-bond donors (Lipinski definition) is 2. The molecule has 0 bridgehead atoms. The van der Waals surface area contributed by atoms with E-state index in [0.717, 1.165) is 11.8 Å². The molecule has 2 saturated carbocycles. The minimum absolute atomic E-state index is 0.0876. The summed E-state index contributed by atoms with van der Waals surface area (Å²) in [5.74, 6) is 7.61. The second-order valence-electron chi connectivity index (χ2n) is 5.34. The summed E-state index contributed by atoms with van der Waals surface area (Å²) >= 11 is 0. The quantitative estimate of drug-likeness (QED) is 0.637. The molecule has 0 spiro atoms. The molecule has 98 valence electrons. The van der Waals surface area contributed by atoms with E-state index >= 15 is 0 Å². The molecule has 0 aromatic heterocycles. The van der Waals surface area contributed by atoms with Crippen molar-refractivity contribution in [1.82, 2.24) is 5.43 Å². The highest BCUT2D eigenvalue weighted by atomic mass is 19.1. The normalized spacial score (nSPS) is 30.9. The first-order valence-corrected chi connectivity index (χ1v) is 6.56. The van der Waals surface area contributed by atoms with Gasteiger partial charge in [0.05, 0.1) is 13.2 Å². The van der Waals surface area contributed by atoms with Gasteiger partial charge in [0.1, 0.15) is 0 Å². The molecule has 2 aliphatic rings. The molecular weight excluding hydrogens is 231 g/mol. The molecule has 18 heavy (non-hydrogen) atoms. The molecule has 3 unspecified atom stereocenters. The molecule has 1 aromatic carbocycles. The summed E-state index contributed by atoms with van der Waals surface area (Å²) in [6, 6.07) is 5.17. The number of ether oxygens (including phenoxy) is 1. The largest absolute Gasteiger partial charge is 0.494 e. The lowest BCUT2D eigenvalue weighted by atomic mass is 9.97. The molecule has 3 nitrogen and oxygen atoms in total.